The first-order valence-corrected chi connectivity index (χ1v) is 11.0. The Bertz CT molecular complexity index is 1250. The highest BCUT2D eigenvalue weighted by molar-refractivity contribution is 8.00. The number of thioether (sulfide) groups is 1. The highest BCUT2D eigenvalue weighted by atomic mass is 32.2. The molecule has 164 valence electrons. The van der Waals surface area contributed by atoms with E-state index in [1.54, 1.807) is 0 Å². The van der Waals surface area contributed by atoms with Crippen LogP contribution in [0.3, 0.4) is 0 Å². The fourth-order valence-corrected chi connectivity index (χ4v) is 4.41. The molecule has 0 fully saturated rings. The minimum atomic E-state index is -4.53. The van der Waals surface area contributed by atoms with Gasteiger partial charge in [0.1, 0.15) is 0 Å². The summed E-state index contributed by atoms with van der Waals surface area (Å²) in [6.07, 6.45) is -2.54. The molecule has 0 aliphatic heterocycles. The number of rotatable bonds is 6. The molecule has 0 unspecified atom stereocenters. The van der Waals surface area contributed by atoms with Crippen molar-refractivity contribution in [2.75, 3.05) is 11.1 Å². The quantitative estimate of drug-likeness (QED) is 0.327. The molecule has 0 saturated carbocycles. The van der Waals surface area contributed by atoms with Crippen molar-refractivity contribution < 1.29 is 18.0 Å². The second-order valence-electron chi connectivity index (χ2n) is 7.50. The van der Waals surface area contributed by atoms with Crippen LogP contribution in [0.4, 0.5) is 18.9 Å². The summed E-state index contributed by atoms with van der Waals surface area (Å²) in [7, 11) is 0. The number of alkyl halides is 3. The van der Waals surface area contributed by atoms with Crippen LogP contribution in [0.2, 0.25) is 0 Å². The van der Waals surface area contributed by atoms with Crippen LogP contribution in [0, 0.1) is 6.92 Å². The van der Waals surface area contributed by atoms with Gasteiger partial charge in [-0.15, -0.1) is 11.8 Å². The van der Waals surface area contributed by atoms with Crippen molar-refractivity contribution in [2.45, 2.75) is 24.5 Å². The van der Waals surface area contributed by atoms with Crippen molar-refractivity contribution >= 4 is 34.3 Å². The first-order valence-electron chi connectivity index (χ1n) is 10.0. The van der Waals surface area contributed by atoms with Crippen molar-refractivity contribution in [3.63, 3.8) is 0 Å². The summed E-state index contributed by atoms with van der Waals surface area (Å²) >= 11 is 1.31. The highest BCUT2D eigenvalue weighted by Crippen LogP contribution is 2.35. The number of benzene rings is 3. The van der Waals surface area contributed by atoms with Crippen molar-refractivity contribution in [3.05, 3.63) is 95.7 Å². The topological polar surface area (TPSA) is 34.0 Å². The number of carbonyl (C=O) groups is 1. The van der Waals surface area contributed by atoms with Gasteiger partial charge < -0.3 is 9.88 Å². The molecule has 4 aromatic rings. The van der Waals surface area contributed by atoms with Crippen LogP contribution < -0.4 is 5.32 Å². The van der Waals surface area contributed by atoms with Crippen LogP contribution in [0.5, 0.6) is 0 Å². The van der Waals surface area contributed by atoms with Gasteiger partial charge in [0, 0.05) is 28.5 Å². The Kier molecular flexibility index (Phi) is 6.28. The average Bonchev–Trinajstić information content (AvgIpc) is 3.11. The van der Waals surface area contributed by atoms with Gasteiger partial charge in [0.25, 0.3) is 0 Å². The van der Waals surface area contributed by atoms with Crippen LogP contribution in [0.15, 0.2) is 83.9 Å². The van der Waals surface area contributed by atoms with E-state index in [-0.39, 0.29) is 11.4 Å². The molecule has 1 N–H and O–H groups in total. The SMILES string of the molecule is Cc1ccc(Cn2cc(SCC(=O)Nc3ccccc3C(F)(F)F)c3ccccc32)cc1. The molecule has 0 atom stereocenters. The van der Waals surface area contributed by atoms with E-state index in [0.717, 1.165) is 27.4 Å². The molecule has 0 radical (unpaired) electrons. The minimum Gasteiger partial charge on any atom is -0.342 e. The maximum atomic E-state index is 13.2. The number of hydrogen-bond acceptors (Lipinski definition) is 2. The third-order valence-electron chi connectivity index (χ3n) is 5.09. The van der Waals surface area contributed by atoms with E-state index in [0.29, 0.717) is 6.54 Å². The summed E-state index contributed by atoms with van der Waals surface area (Å²) < 4.78 is 41.6. The van der Waals surface area contributed by atoms with Gasteiger partial charge in [-0.1, -0.05) is 60.2 Å². The van der Waals surface area contributed by atoms with E-state index in [2.05, 4.69) is 34.1 Å². The van der Waals surface area contributed by atoms with Crippen molar-refractivity contribution in [3.8, 4) is 0 Å². The molecule has 0 spiro atoms. The number of halogens is 3. The largest absolute Gasteiger partial charge is 0.418 e. The number of amides is 1. The predicted octanol–water partition coefficient (Wildman–Crippen LogP) is 6.75. The summed E-state index contributed by atoms with van der Waals surface area (Å²) in [5.41, 5.74) is 2.31. The maximum absolute atomic E-state index is 13.2. The summed E-state index contributed by atoms with van der Waals surface area (Å²) in [6, 6.07) is 21.2. The first kappa shape index (κ1) is 22.0. The third-order valence-corrected chi connectivity index (χ3v) is 6.13. The molecule has 1 amide bonds. The molecule has 32 heavy (non-hydrogen) atoms. The van der Waals surface area contributed by atoms with Crippen LogP contribution in [-0.2, 0) is 17.5 Å². The zero-order valence-electron chi connectivity index (χ0n) is 17.3. The smallest absolute Gasteiger partial charge is 0.342 e. The maximum Gasteiger partial charge on any atom is 0.418 e. The fourth-order valence-electron chi connectivity index (χ4n) is 3.52. The lowest BCUT2D eigenvalue weighted by Crippen LogP contribution is -2.18. The number of para-hydroxylation sites is 2. The van der Waals surface area contributed by atoms with Gasteiger partial charge in [0.15, 0.2) is 0 Å². The van der Waals surface area contributed by atoms with E-state index in [4.69, 9.17) is 0 Å². The van der Waals surface area contributed by atoms with E-state index < -0.39 is 17.6 Å². The molecular formula is C25H21F3N2OS. The summed E-state index contributed by atoms with van der Waals surface area (Å²) in [5.74, 6) is -0.480. The number of carbonyl (C=O) groups excluding carboxylic acids is 1. The standard InChI is InChI=1S/C25H21F3N2OS/c1-17-10-12-18(13-11-17)14-30-15-23(19-6-2-5-9-22(19)30)32-16-24(31)29-21-8-4-3-7-20(21)25(26,27)28/h2-13,15H,14,16H2,1H3,(H,29,31). The number of fused-ring (bicyclic) bond motifs is 1. The van der Waals surface area contributed by atoms with Gasteiger partial charge in [-0.25, -0.2) is 0 Å². The Morgan fingerprint density at radius 2 is 1.66 bits per heavy atom. The highest BCUT2D eigenvalue weighted by Gasteiger charge is 2.33. The number of nitrogens with one attached hydrogen (secondary N) is 1. The van der Waals surface area contributed by atoms with Crippen LogP contribution >= 0.6 is 11.8 Å². The van der Waals surface area contributed by atoms with E-state index in [1.165, 1.54) is 35.5 Å². The van der Waals surface area contributed by atoms with Crippen molar-refractivity contribution in [2.24, 2.45) is 0 Å². The second kappa shape index (κ2) is 9.12. The summed E-state index contributed by atoms with van der Waals surface area (Å²) in [5, 5.41) is 3.41. The van der Waals surface area contributed by atoms with E-state index in [9.17, 15) is 18.0 Å². The van der Waals surface area contributed by atoms with Gasteiger partial charge in [-0.05, 0) is 30.7 Å². The molecular weight excluding hydrogens is 433 g/mol. The monoisotopic (exact) mass is 454 g/mol. The Hall–Kier alpha value is -3.19. The number of nitrogens with zero attached hydrogens (tertiary/aromatic N) is 1. The number of aromatic nitrogens is 1. The van der Waals surface area contributed by atoms with Crippen LogP contribution in [0.1, 0.15) is 16.7 Å². The molecule has 0 aliphatic rings. The van der Waals surface area contributed by atoms with Gasteiger partial charge >= 0.3 is 6.18 Å². The molecule has 0 aliphatic carbocycles. The van der Waals surface area contributed by atoms with E-state index >= 15 is 0 Å². The average molecular weight is 455 g/mol. The molecule has 4 rings (SSSR count). The van der Waals surface area contributed by atoms with Crippen molar-refractivity contribution in [1.82, 2.24) is 4.57 Å². The minimum absolute atomic E-state index is 0.00469. The van der Waals surface area contributed by atoms with Gasteiger partial charge in [-0.2, -0.15) is 13.2 Å². The number of aryl methyl sites for hydroxylation is 1. The number of hydrogen-bond donors (Lipinski definition) is 1. The fraction of sp³-hybridized carbons (Fsp3) is 0.160. The molecule has 7 heteroatoms. The van der Waals surface area contributed by atoms with Crippen LogP contribution in [-0.4, -0.2) is 16.2 Å². The Balaban J connectivity index is 1.50. The third kappa shape index (κ3) is 4.99. The van der Waals surface area contributed by atoms with Gasteiger partial charge in [0.2, 0.25) is 5.91 Å². The lowest BCUT2D eigenvalue weighted by Gasteiger charge is -2.13. The molecule has 3 nitrogen and oxygen atoms in total. The first-order chi connectivity index (χ1) is 15.3. The molecule has 1 aromatic heterocycles. The molecule has 1 heterocycles. The lowest BCUT2D eigenvalue weighted by molar-refractivity contribution is -0.137. The predicted molar refractivity (Wildman–Crippen MR) is 123 cm³/mol. The normalized spacial score (nSPS) is 11.6. The van der Waals surface area contributed by atoms with Gasteiger partial charge in [-0.3, -0.25) is 4.79 Å². The number of anilines is 1. The lowest BCUT2D eigenvalue weighted by atomic mass is 10.1. The summed E-state index contributed by atoms with van der Waals surface area (Å²) in [4.78, 5) is 13.3. The van der Waals surface area contributed by atoms with Gasteiger partial charge in [0.05, 0.1) is 17.0 Å². The second-order valence-corrected chi connectivity index (χ2v) is 8.52. The van der Waals surface area contributed by atoms with Crippen LogP contribution in [0.25, 0.3) is 10.9 Å². The van der Waals surface area contributed by atoms with Crippen molar-refractivity contribution in [1.29, 1.82) is 0 Å². The molecule has 0 bridgehead atoms. The zero-order chi connectivity index (χ0) is 22.7. The molecule has 0 saturated heterocycles. The Labute approximate surface area is 188 Å². The molecule has 3 aromatic carbocycles. The van der Waals surface area contributed by atoms with E-state index in [1.807, 2.05) is 37.4 Å². The Morgan fingerprint density at radius 3 is 2.41 bits per heavy atom. The summed E-state index contributed by atoms with van der Waals surface area (Å²) in [6.45, 7) is 2.73. The Morgan fingerprint density at radius 1 is 0.969 bits per heavy atom. The zero-order valence-corrected chi connectivity index (χ0v) is 18.1.